The topological polar surface area (TPSA) is 57.6 Å². The molecule has 0 saturated carbocycles. The first-order valence-electron chi connectivity index (χ1n) is 9.11. The molecule has 1 aliphatic rings. The summed E-state index contributed by atoms with van der Waals surface area (Å²) in [6.07, 6.45) is 11.7. The summed E-state index contributed by atoms with van der Waals surface area (Å²) in [6, 6.07) is -0.0763. The van der Waals surface area contributed by atoms with Crippen LogP contribution in [0.1, 0.15) is 84.0 Å². The van der Waals surface area contributed by atoms with Crippen LogP contribution in [0.4, 0.5) is 0 Å². The molecule has 0 aromatic heterocycles. The van der Waals surface area contributed by atoms with Gasteiger partial charge in [0.2, 0.25) is 5.91 Å². The van der Waals surface area contributed by atoms with Crippen molar-refractivity contribution in [1.82, 2.24) is 4.90 Å². The van der Waals surface area contributed by atoms with Gasteiger partial charge in [0.25, 0.3) is 0 Å². The minimum atomic E-state index is -0.0910. The third-order valence-electron chi connectivity index (χ3n) is 4.57. The standard InChI is InChI=1S/C18H33NO3/c1-2-3-4-5-6-7-8-12-17(21)14-18(22)19-13-10-9-11-16(19)15-20/h16,20H,2-15H2,1H3. The predicted octanol–water partition coefficient (Wildman–Crippen LogP) is 3.46. The molecule has 1 unspecified atom stereocenters. The highest BCUT2D eigenvalue weighted by Crippen LogP contribution is 2.18. The van der Waals surface area contributed by atoms with Crippen LogP contribution < -0.4 is 0 Å². The summed E-state index contributed by atoms with van der Waals surface area (Å²) in [6.45, 7) is 2.91. The van der Waals surface area contributed by atoms with Crippen molar-refractivity contribution in [2.75, 3.05) is 13.2 Å². The van der Waals surface area contributed by atoms with Gasteiger partial charge in [-0.2, -0.15) is 0 Å². The Labute approximate surface area is 135 Å². The summed E-state index contributed by atoms with van der Waals surface area (Å²) in [5.41, 5.74) is 0. The van der Waals surface area contributed by atoms with Crippen molar-refractivity contribution in [2.45, 2.75) is 90.0 Å². The van der Waals surface area contributed by atoms with E-state index in [4.69, 9.17) is 0 Å². The lowest BCUT2D eigenvalue weighted by atomic mass is 10.0. The molecule has 1 rings (SSSR count). The number of hydrogen-bond donors (Lipinski definition) is 1. The van der Waals surface area contributed by atoms with Gasteiger partial charge < -0.3 is 10.0 Å². The summed E-state index contributed by atoms with van der Waals surface area (Å²) in [4.78, 5) is 25.8. The third-order valence-corrected chi connectivity index (χ3v) is 4.57. The Bertz CT molecular complexity index is 330. The molecule has 0 spiro atoms. The summed E-state index contributed by atoms with van der Waals surface area (Å²) in [7, 11) is 0. The number of Topliss-reactive ketones (excluding diaryl/α,β-unsaturated/α-hetero) is 1. The second-order valence-corrected chi connectivity index (χ2v) is 6.51. The maximum atomic E-state index is 12.2. The van der Waals surface area contributed by atoms with E-state index in [-0.39, 0.29) is 30.8 Å². The number of unbranched alkanes of at least 4 members (excludes halogenated alkanes) is 6. The fraction of sp³-hybridized carbons (Fsp3) is 0.889. The first kappa shape index (κ1) is 19.1. The average Bonchev–Trinajstić information content (AvgIpc) is 2.53. The van der Waals surface area contributed by atoms with Crippen LogP contribution in [0.5, 0.6) is 0 Å². The number of hydrogen-bond acceptors (Lipinski definition) is 3. The highest BCUT2D eigenvalue weighted by molar-refractivity contribution is 5.98. The molecule has 22 heavy (non-hydrogen) atoms. The van der Waals surface area contributed by atoms with Crippen molar-refractivity contribution in [3.63, 3.8) is 0 Å². The Morgan fingerprint density at radius 1 is 1.05 bits per heavy atom. The van der Waals surface area contributed by atoms with Gasteiger partial charge in [0.15, 0.2) is 0 Å². The number of carbonyl (C=O) groups excluding carboxylic acids is 2. The first-order valence-corrected chi connectivity index (χ1v) is 9.11. The minimum absolute atomic E-state index is 0.0116. The molecule has 1 fully saturated rings. The summed E-state index contributed by atoms with van der Waals surface area (Å²) in [5.74, 6) is -0.0347. The Balaban J connectivity index is 2.14. The highest BCUT2D eigenvalue weighted by Gasteiger charge is 2.26. The van der Waals surface area contributed by atoms with Crippen LogP contribution in [0, 0.1) is 0 Å². The van der Waals surface area contributed by atoms with Crippen molar-refractivity contribution in [2.24, 2.45) is 0 Å². The monoisotopic (exact) mass is 311 g/mol. The summed E-state index contributed by atoms with van der Waals surface area (Å²) < 4.78 is 0. The molecule has 1 atom stereocenters. The predicted molar refractivity (Wildman–Crippen MR) is 88.7 cm³/mol. The van der Waals surface area contributed by atoms with E-state index in [1.165, 1.54) is 32.1 Å². The van der Waals surface area contributed by atoms with Gasteiger partial charge in [-0.3, -0.25) is 9.59 Å². The first-order chi connectivity index (χ1) is 10.7. The lowest BCUT2D eigenvalue weighted by molar-refractivity contribution is -0.139. The Morgan fingerprint density at radius 3 is 2.41 bits per heavy atom. The lowest BCUT2D eigenvalue weighted by Gasteiger charge is -2.34. The van der Waals surface area contributed by atoms with E-state index >= 15 is 0 Å². The zero-order valence-corrected chi connectivity index (χ0v) is 14.2. The third kappa shape index (κ3) is 7.39. The SMILES string of the molecule is CCCCCCCCCC(=O)CC(=O)N1CCCCC1CO. The maximum absolute atomic E-state index is 12.2. The number of aliphatic hydroxyl groups excluding tert-OH is 1. The highest BCUT2D eigenvalue weighted by atomic mass is 16.3. The molecule has 1 heterocycles. The molecular weight excluding hydrogens is 278 g/mol. The van der Waals surface area contributed by atoms with Crippen molar-refractivity contribution >= 4 is 11.7 Å². The molecule has 0 aromatic rings. The number of nitrogens with zero attached hydrogens (tertiary/aromatic N) is 1. The molecule has 0 aliphatic carbocycles. The average molecular weight is 311 g/mol. The van der Waals surface area contributed by atoms with Crippen LogP contribution in [0.3, 0.4) is 0 Å². The fourth-order valence-electron chi connectivity index (χ4n) is 3.16. The Kier molecular flexibility index (Phi) is 10.1. The molecule has 1 aliphatic heterocycles. The molecule has 128 valence electrons. The van der Waals surface area contributed by atoms with Gasteiger partial charge >= 0.3 is 0 Å². The Morgan fingerprint density at radius 2 is 1.73 bits per heavy atom. The van der Waals surface area contributed by atoms with Crippen LogP contribution in [-0.4, -0.2) is 40.9 Å². The van der Waals surface area contributed by atoms with Gasteiger partial charge in [-0.05, 0) is 25.7 Å². The van der Waals surface area contributed by atoms with Gasteiger partial charge in [-0.1, -0.05) is 45.4 Å². The Hall–Kier alpha value is -0.900. The summed E-state index contributed by atoms with van der Waals surface area (Å²) >= 11 is 0. The van der Waals surface area contributed by atoms with Crippen molar-refractivity contribution < 1.29 is 14.7 Å². The van der Waals surface area contributed by atoms with Crippen LogP contribution in [-0.2, 0) is 9.59 Å². The van der Waals surface area contributed by atoms with E-state index < -0.39 is 0 Å². The van der Waals surface area contributed by atoms with Gasteiger partial charge in [-0.25, -0.2) is 0 Å². The number of carbonyl (C=O) groups is 2. The molecule has 0 aromatic carbocycles. The van der Waals surface area contributed by atoms with Crippen LogP contribution >= 0.6 is 0 Å². The van der Waals surface area contributed by atoms with Gasteiger partial charge in [0.05, 0.1) is 19.1 Å². The fourth-order valence-corrected chi connectivity index (χ4v) is 3.16. The number of likely N-dealkylation sites (tertiary alicyclic amines) is 1. The van der Waals surface area contributed by atoms with E-state index in [0.717, 1.165) is 32.1 Å². The van der Waals surface area contributed by atoms with Crippen LogP contribution in [0.25, 0.3) is 0 Å². The van der Waals surface area contributed by atoms with E-state index in [2.05, 4.69) is 6.92 Å². The normalized spacial score (nSPS) is 18.5. The largest absolute Gasteiger partial charge is 0.394 e. The second kappa shape index (κ2) is 11.6. The number of amides is 1. The van der Waals surface area contributed by atoms with Crippen molar-refractivity contribution in [3.05, 3.63) is 0 Å². The molecule has 0 bridgehead atoms. The molecule has 1 amide bonds. The van der Waals surface area contributed by atoms with Gasteiger partial charge in [-0.15, -0.1) is 0 Å². The number of piperidine rings is 1. The molecule has 0 radical (unpaired) electrons. The smallest absolute Gasteiger partial charge is 0.230 e. The molecule has 1 saturated heterocycles. The van der Waals surface area contributed by atoms with Crippen molar-refractivity contribution in [3.8, 4) is 0 Å². The van der Waals surface area contributed by atoms with E-state index in [9.17, 15) is 14.7 Å². The zero-order chi connectivity index (χ0) is 16.2. The molecule has 1 N–H and O–H groups in total. The summed E-state index contributed by atoms with van der Waals surface area (Å²) in [5, 5.41) is 9.33. The van der Waals surface area contributed by atoms with Gasteiger partial charge in [0, 0.05) is 13.0 Å². The number of ketones is 1. The van der Waals surface area contributed by atoms with E-state index in [1.54, 1.807) is 4.90 Å². The second-order valence-electron chi connectivity index (χ2n) is 6.51. The lowest BCUT2D eigenvalue weighted by Crippen LogP contribution is -2.46. The molecule has 4 nitrogen and oxygen atoms in total. The minimum Gasteiger partial charge on any atom is -0.394 e. The van der Waals surface area contributed by atoms with E-state index in [0.29, 0.717) is 13.0 Å². The van der Waals surface area contributed by atoms with E-state index in [1.807, 2.05) is 0 Å². The van der Waals surface area contributed by atoms with Crippen LogP contribution in [0.15, 0.2) is 0 Å². The van der Waals surface area contributed by atoms with Gasteiger partial charge in [0.1, 0.15) is 5.78 Å². The van der Waals surface area contributed by atoms with Crippen molar-refractivity contribution in [1.29, 1.82) is 0 Å². The maximum Gasteiger partial charge on any atom is 0.230 e. The van der Waals surface area contributed by atoms with Crippen LogP contribution in [0.2, 0.25) is 0 Å². The number of aliphatic hydroxyl groups is 1. The quantitative estimate of drug-likeness (QED) is 0.469. The molecular formula is C18H33NO3. The zero-order valence-electron chi connectivity index (χ0n) is 14.2. The number of rotatable bonds is 11. The molecule has 4 heteroatoms.